The SMILES string of the molecule is CC(C)C(C)NC(=O)CSc1nnc(-c2cccs2)n1Cc1ccccc1. The zero-order chi connectivity index (χ0) is 19.2. The molecule has 7 heteroatoms. The van der Waals surface area contributed by atoms with Crippen LogP contribution in [-0.2, 0) is 11.3 Å². The van der Waals surface area contributed by atoms with Crippen molar-refractivity contribution in [2.24, 2.45) is 5.92 Å². The number of thioether (sulfide) groups is 1. The number of nitrogens with one attached hydrogen (secondary N) is 1. The van der Waals surface area contributed by atoms with E-state index in [2.05, 4.69) is 46.1 Å². The van der Waals surface area contributed by atoms with Crippen LogP contribution in [0.4, 0.5) is 0 Å². The predicted molar refractivity (Wildman–Crippen MR) is 112 cm³/mol. The van der Waals surface area contributed by atoms with Crippen molar-refractivity contribution in [1.29, 1.82) is 0 Å². The third-order valence-corrected chi connectivity index (χ3v) is 6.20. The van der Waals surface area contributed by atoms with E-state index in [9.17, 15) is 4.79 Å². The Labute approximate surface area is 168 Å². The number of amides is 1. The summed E-state index contributed by atoms with van der Waals surface area (Å²) in [5.74, 6) is 1.60. The Bertz CT molecular complexity index is 860. The van der Waals surface area contributed by atoms with E-state index >= 15 is 0 Å². The molecule has 1 aromatic carbocycles. The molecule has 2 heterocycles. The van der Waals surface area contributed by atoms with E-state index in [1.807, 2.05) is 42.6 Å². The number of rotatable bonds is 8. The Balaban J connectivity index is 1.77. The van der Waals surface area contributed by atoms with Crippen molar-refractivity contribution in [3.63, 3.8) is 0 Å². The van der Waals surface area contributed by atoms with Gasteiger partial charge in [0.25, 0.3) is 0 Å². The first-order valence-electron chi connectivity index (χ1n) is 8.97. The minimum absolute atomic E-state index is 0.0214. The van der Waals surface area contributed by atoms with E-state index in [0.29, 0.717) is 18.2 Å². The van der Waals surface area contributed by atoms with Crippen LogP contribution < -0.4 is 5.32 Å². The van der Waals surface area contributed by atoms with Crippen LogP contribution in [0.1, 0.15) is 26.3 Å². The van der Waals surface area contributed by atoms with Gasteiger partial charge in [-0.3, -0.25) is 9.36 Å². The van der Waals surface area contributed by atoms with Gasteiger partial charge in [-0.2, -0.15) is 0 Å². The van der Waals surface area contributed by atoms with E-state index < -0.39 is 0 Å². The molecule has 1 N–H and O–H groups in total. The van der Waals surface area contributed by atoms with Crippen molar-refractivity contribution in [3.8, 4) is 10.7 Å². The first kappa shape index (κ1) is 19.6. The van der Waals surface area contributed by atoms with Gasteiger partial charge < -0.3 is 5.32 Å². The molecule has 5 nitrogen and oxygen atoms in total. The first-order chi connectivity index (χ1) is 13.0. The topological polar surface area (TPSA) is 59.8 Å². The number of nitrogens with zero attached hydrogens (tertiary/aromatic N) is 3. The lowest BCUT2D eigenvalue weighted by Gasteiger charge is -2.17. The molecule has 0 radical (unpaired) electrons. The van der Waals surface area contributed by atoms with Gasteiger partial charge in [-0.1, -0.05) is 62.0 Å². The maximum Gasteiger partial charge on any atom is 0.230 e. The van der Waals surface area contributed by atoms with Gasteiger partial charge in [0, 0.05) is 6.04 Å². The number of hydrogen-bond acceptors (Lipinski definition) is 5. The van der Waals surface area contributed by atoms with Crippen molar-refractivity contribution in [2.75, 3.05) is 5.75 Å². The van der Waals surface area contributed by atoms with Gasteiger partial charge in [0.2, 0.25) is 5.91 Å². The van der Waals surface area contributed by atoms with Gasteiger partial charge in [0.15, 0.2) is 11.0 Å². The molecular weight excluding hydrogens is 376 g/mol. The van der Waals surface area contributed by atoms with E-state index in [1.54, 1.807) is 11.3 Å². The molecule has 0 aliphatic carbocycles. The minimum Gasteiger partial charge on any atom is -0.353 e. The quantitative estimate of drug-likeness (QED) is 0.573. The lowest BCUT2D eigenvalue weighted by atomic mass is 10.1. The van der Waals surface area contributed by atoms with Crippen molar-refractivity contribution in [3.05, 3.63) is 53.4 Å². The fourth-order valence-corrected chi connectivity index (χ4v) is 3.95. The molecule has 0 saturated heterocycles. The summed E-state index contributed by atoms with van der Waals surface area (Å²) in [5.41, 5.74) is 1.18. The monoisotopic (exact) mass is 400 g/mol. The summed E-state index contributed by atoms with van der Waals surface area (Å²) >= 11 is 3.07. The van der Waals surface area contributed by atoms with E-state index in [0.717, 1.165) is 15.9 Å². The van der Waals surface area contributed by atoms with Crippen LogP contribution in [0.25, 0.3) is 10.7 Å². The van der Waals surface area contributed by atoms with Crippen LogP contribution >= 0.6 is 23.1 Å². The number of thiophene rings is 1. The summed E-state index contributed by atoms with van der Waals surface area (Å²) in [5, 5.41) is 14.6. The number of carbonyl (C=O) groups is 1. The third kappa shape index (κ3) is 5.20. The largest absolute Gasteiger partial charge is 0.353 e. The Morgan fingerprint density at radius 2 is 1.93 bits per heavy atom. The zero-order valence-corrected chi connectivity index (χ0v) is 17.4. The van der Waals surface area contributed by atoms with E-state index in [1.165, 1.54) is 17.3 Å². The van der Waals surface area contributed by atoms with Crippen LogP contribution in [0.3, 0.4) is 0 Å². The van der Waals surface area contributed by atoms with Gasteiger partial charge in [-0.05, 0) is 29.9 Å². The summed E-state index contributed by atoms with van der Waals surface area (Å²) in [4.78, 5) is 13.3. The normalized spacial score (nSPS) is 12.3. The smallest absolute Gasteiger partial charge is 0.230 e. The van der Waals surface area contributed by atoms with Crippen molar-refractivity contribution in [2.45, 2.75) is 38.5 Å². The molecule has 0 saturated carbocycles. The summed E-state index contributed by atoms with van der Waals surface area (Å²) in [6.45, 7) is 6.90. The third-order valence-electron chi connectivity index (χ3n) is 4.36. The molecule has 1 atom stereocenters. The summed E-state index contributed by atoms with van der Waals surface area (Å²) in [6.07, 6.45) is 0. The summed E-state index contributed by atoms with van der Waals surface area (Å²) in [7, 11) is 0. The Kier molecular flexibility index (Phi) is 6.68. The Morgan fingerprint density at radius 3 is 2.59 bits per heavy atom. The standard InChI is InChI=1S/C20H24N4OS2/c1-14(2)15(3)21-18(25)13-27-20-23-22-19(17-10-7-11-26-17)24(20)12-16-8-5-4-6-9-16/h4-11,14-15H,12-13H2,1-3H3,(H,21,25). The molecule has 0 spiro atoms. The highest BCUT2D eigenvalue weighted by Gasteiger charge is 2.17. The van der Waals surface area contributed by atoms with Crippen LogP contribution in [0.2, 0.25) is 0 Å². The maximum atomic E-state index is 12.2. The predicted octanol–water partition coefficient (Wildman–Crippen LogP) is 4.31. The second-order valence-corrected chi connectivity index (χ2v) is 8.63. The van der Waals surface area contributed by atoms with Crippen LogP contribution in [-0.4, -0.2) is 32.5 Å². The van der Waals surface area contributed by atoms with E-state index in [4.69, 9.17) is 0 Å². The van der Waals surface area contributed by atoms with Crippen molar-refractivity contribution in [1.82, 2.24) is 20.1 Å². The second-order valence-electron chi connectivity index (χ2n) is 6.74. The molecule has 3 aromatic rings. The van der Waals surface area contributed by atoms with Gasteiger partial charge in [-0.25, -0.2) is 0 Å². The molecule has 1 amide bonds. The fraction of sp³-hybridized carbons (Fsp3) is 0.350. The minimum atomic E-state index is 0.0214. The molecule has 0 aliphatic heterocycles. The van der Waals surface area contributed by atoms with Gasteiger partial charge in [0.1, 0.15) is 0 Å². The van der Waals surface area contributed by atoms with Gasteiger partial charge in [-0.15, -0.1) is 21.5 Å². The first-order valence-corrected chi connectivity index (χ1v) is 10.8. The summed E-state index contributed by atoms with van der Waals surface area (Å²) in [6, 6.07) is 14.4. The average molecular weight is 401 g/mol. The van der Waals surface area contributed by atoms with E-state index in [-0.39, 0.29) is 11.9 Å². The molecule has 0 aliphatic rings. The molecular formula is C20H24N4OS2. The molecule has 27 heavy (non-hydrogen) atoms. The van der Waals surface area contributed by atoms with Crippen LogP contribution in [0, 0.1) is 5.92 Å². The lowest BCUT2D eigenvalue weighted by molar-refractivity contribution is -0.119. The number of benzene rings is 1. The molecule has 3 rings (SSSR count). The zero-order valence-electron chi connectivity index (χ0n) is 15.8. The fourth-order valence-electron chi connectivity index (χ4n) is 2.48. The Hall–Kier alpha value is -2.12. The molecule has 0 fully saturated rings. The number of carbonyl (C=O) groups excluding carboxylic acids is 1. The van der Waals surface area contributed by atoms with Crippen LogP contribution in [0.5, 0.6) is 0 Å². The number of hydrogen-bond donors (Lipinski definition) is 1. The highest BCUT2D eigenvalue weighted by Crippen LogP contribution is 2.28. The Morgan fingerprint density at radius 1 is 1.15 bits per heavy atom. The average Bonchev–Trinajstić information content (AvgIpc) is 3.30. The maximum absolute atomic E-state index is 12.2. The van der Waals surface area contributed by atoms with Crippen LogP contribution in [0.15, 0.2) is 53.0 Å². The van der Waals surface area contributed by atoms with Gasteiger partial charge in [0.05, 0.1) is 17.2 Å². The second kappa shape index (κ2) is 9.19. The number of aromatic nitrogens is 3. The highest BCUT2D eigenvalue weighted by atomic mass is 32.2. The molecule has 0 bridgehead atoms. The molecule has 142 valence electrons. The molecule has 1 unspecified atom stereocenters. The summed E-state index contributed by atoms with van der Waals surface area (Å²) < 4.78 is 2.09. The molecule has 2 aromatic heterocycles. The van der Waals surface area contributed by atoms with Crippen molar-refractivity contribution >= 4 is 29.0 Å². The highest BCUT2D eigenvalue weighted by molar-refractivity contribution is 7.99. The lowest BCUT2D eigenvalue weighted by Crippen LogP contribution is -2.37. The van der Waals surface area contributed by atoms with Crippen molar-refractivity contribution < 1.29 is 4.79 Å². The van der Waals surface area contributed by atoms with Gasteiger partial charge >= 0.3 is 0 Å².